The predicted molar refractivity (Wildman–Crippen MR) is 66.1 cm³/mol. The Kier molecular flexibility index (Phi) is 6.75. The maximum absolute atomic E-state index is 2.47. The van der Waals surface area contributed by atoms with E-state index in [1.54, 1.807) is 18.1 Å². The van der Waals surface area contributed by atoms with Crippen LogP contribution in [0, 0.1) is 0 Å². The van der Waals surface area contributed by atoms with E-state index in [9.17, 15) is 0 Å². The van der Waals surface area contributed by atoms with Gasteiger partial charge in [0.2, 0.25) is 0 Å². The van der Waals surface area contributed by atoms with Crippen molar-refractivity contribution in [3.63, 3.8) is 0 Å². The molecule has 0 N–H and O–H groups in total. The van der Waals surface area contributed by atoms with E-state index in [-0.39, 0.29) is 0 Å². The highest BCUT2D eigenvalue weighted by atomic mass is 28.3. The predicted octanol–water partition coefficient (Wildman–Crippen LogP) is 5.08. The molecule has 0 unspecified atom stereocenters. The van der Waals surface area contributed by atoms with E-state index in [1.807, 2.05) is 0 Å². The second-order valence-electron chi connectivity index (χ2n) is 4.77. The van der Waals surface area contributed by atoms with Crippen LogP contribution in [0.4, 0.5) is 0 Å². The zero-order valence-corrected chi connectivity index (χ0v) is 11.3. The Hall–Kier alpha value is 0.217. The smallest absolute Gasteiger partial charge is 0.0561 e. The molecular weight excluding hydrogens is 172 g/mol. The van der Waals surface area contributed by atoms with Gasteiger partial charge in [-0.3, -0.25) is 0 Å². The summed E-state index contributed by atoms with van der Waals surface area (Å²) < 4.78 is 0. The van der Waals surface area contributed by atoms with E-state index in [0.29, 0.717) is 0 Å². The molecule has 0 atom stereocenters. The van der Waals surface area contributed by atoms with Crippen molar-refractivity contribution < 1.29 is 0 Å². The quantitative estimate of drug-likeness (QED) is 0.503. The van der Waals surface area contributed by atoms with Gasteiger partial charge in [-0.05, 0) is 0 Å². The van der Waals surface area contributed by atoms with Gasteiger partial charge in [0.1, 0.15) is 0 Å². The molecule has 1 heteroatoms. The van der Waals surface area contributed by atoms with Crippen LogP contribution in [0.5, 0.6) is 0 Å². The van der Waals surface area contributed by atoms with Crippen LogP contribution in [0.3, 0.4) is 0 Å². The Balaban J connectivity index is 4.38. The molecule has 0 radical (unpaired) electrons. The molecule has 80 valence electrons. The van der Waals surface area contributed by atoms with Gasteiger partial charge in [0.05, 0.1) is 8.07 Å². The maximum Gasteiger partial charge on any atom is 0.0561 e. The standard InChI is InChI=1S/C12H28Si/c1-6-9-13(10-7-2,11-8-3)12(4)5/h12H,6-11H2,1-5H3. The summed E-state index contributed by atoms with van der Waals surface area (Å²) in [5.41, 5.74) is 0.993. The van der Waals surface area contributed by atoms with Crippen molar-refractivity contribution in [1.29, 1.82) is 0 Å². The minimum Gasteiger partial charge on any atom is -0.0657 e. The summed E-state index contributed by atoms with van der Waals surface area (Å²) >= 11 is 0. The molecule has 0 saturated heterocycles. The molecule has 0 aliphatic carbocycles. The van der Waals surface area contributed by atoms with Gasteiger partial charge in [-0.15, -0.1) is 0 Å². The third kappa shape index (κ3) is 3.84. The molecule has 0 aromatic heterocycles. The largest absolute Gasteiger partial charge is 0.0657 e. The molecule has 13 heavy (non-hydrogen) atoms. The fraction of sp³-hybridized carbons (Fsp3) is 1.00. The highest BCUT2D eigenvalue weighted by molar-refractivity contribution is 6.81. The fourth-order valence-electron chi connectivity index (χ4n) is 2.73. The Bertz CT molecular complexity index is 101. The average Bonchev–Trinajstić information content (AvgIpc) is 2.05. The first kappa shape index (κ1) is 13.2. The zero-order chi connectivity index (χ0) is 10.3. The lowest BCUT2D eigenvalue weighted by Crippen LogP contribution is -2.36. The summed E-state index contributed by atoms with van der Waals surface area (Å²) in [7, 11) is -0.873. The summed E-state index contributed by atoms with van der Waals surface area (Å²) in [6.45, 7) is 12.0. The van der Waals surface area contributed by atoms with Crippen molar-refractivity contribution >= 4 is 8.07 Å². The van der Waals surface area contributed by atoms with Gasteiger partial charge in [0.15, 0.2) is 0 Å². The zero-order valence-electron chi connectivity index (χ0n) is 10.3. The second kappa shape index (κ2) is 6.64. The van der Waals surface area contributed by atoms with Crippen molar-refractivity contribution in [2.45, 2.75) is 77.6 Å². The third-order valence-electron chi connectivity index (χ3n) is 3.47. The molecule has 0 nitrogen and oxygen atoms in total. The molecule has 0 aromatic rings. The Labute approximate surface area is 86.1 Å². The van der Waals surface area contributed by atoms with Crippen LogP contribution in [-0.4, -0.2) is 8.07 Å². The van der Waals surface area contributed by atoms with Gasteiger partial charge in [0.25, 0.3) is 0 Å². The highest BCUT2D eigenvalue weighted by Gasteiger charge is 2.32. The van der Waals surface area contributed by atoms with Crippen LogP contribution in [-0.2, 0) is 0 Å². The van der Waals surface area contributed by atoms with Crippen LogP contribution in [0.25, 0.3) is 0 Å². The highest BCUT2D eigenvalue weighted by Crippen LogP contribution is 2.36. The van der Waals surface area contributed by atoms with Gasteiger partial charge < -0.3 is 0 Å². The summed E-state index contributed by atoms with van der Waals surface area (Å²) in [5, 5.41) is 0. The first-order valence-electron chi connectivity index (χ1n) is 6.13. The molecule has 0 heterocycles. The number of hydrogen-bond acceptors (Lipinski definition) is 0. The van der Waals surface area contributed by atoms with Crippen LogP contribution >= 0.6 is 0 Å². The van der Waals surface area contributed by atoms with Gasteiger partial charge in [0, 0.05) is 0 Å². The monoisotopic (exact) mass is 200 g/mol. The SMILES string of the molecule is CCC[Si](CCC)(CCC)C(C)C. The van der Waals surface area contributed by atoms with Crippen molar-refractivity contribution in [3.8, 4) is 0 Å². The van der Waals surface area contributed by atoms with Crippen molar-refractivity contribution in [1.82, 2.24) is 0 Å². The topological polar surface area (TPSA) is 0 Å². The summed E-state index contributed by atoms with van der Waals surface area (Å²) in [4.78, 5) is 0. The number of rotatable bonds is 7. The lowest BCUT2D eigenvalue weighted by Gasteiger charge is -2.35. The van der Waals surface area contributed by atoms with E-state index >= 15 is 0 Å². The molecule has 0 aliphatic rings. The Morgan fingerprint density at radius 1 is 0.769 bits per heavy atom. The number of hydrogen-bond donors (Lipinski definition) is 0. The molecule has 0 amide bonds. The maximum atomic E-state index is 2.47. The molecule has 0 rings (SSSR count). The van der Waals surface area contributed by atoms with Crippen LogP contribution in [0.1, 0.15) is 53.9 Å². The second-order valence-corrected chi connectivity index (χ2v) is 10.1. The van der Waals surface area contributed by atoms with Gasteiger partial charge >= 0.3 is 0 Å². The summed E-state index contributed by atoms with van der Waals surface area (Å²) in [6.07, 6.45) is 4.22. The van der Waals surface area contributed by atoms with E-state index in [1.165, 1.54) is 19.3 Å². The normalized spacial score (nSPS) is 12.5. The van der Waals surface area contributed by atoms with E-state index in [0.717, 1.165) is 5.54 Å². The van der Waals surface area contributed by atoms with Gasteiger partial charge in [-0.25, -0.2) is 0 Å². The van der Waals surface area contributed by atoms with Gasteiger partial charge in [-0.2, -0.15) is 0 Å². The average molecular weight is 200 g/mol. The Morgan fingerprint density at radius 2 is 1.08 bits per heavy atom. The first-order chi connectivity index (χ1) is 6.13. The van der Waals surface area contributed by atoms with Crippen LogP contribution in [0.15, 0.2) is 0 Å². The first-order valence-corrected chi connectivity index (χ1v) is 8.82. The lowest BCUT2D eigenvalue weighted by atomic mass is 10.5. The summed E-state index contributed by atoms with van der Waals surface area (Å²) in [5.74, 6) is 0. The van der Waals surface area contributed by atoms with Crippen molar-refractivity contribution in [2.75, 3.05) is 0 Å². The summed E-state index contributed by atoms with van der Waals surface area (Å²) in [6, 6.07) is 4.69. The minimum atomic E-state index is -0.873. The van der Waals surface area contributed by atoms with Crippen molar-refractivity contribution in [2.24, 2.45) is 0 Å². The Morgan fingerprint density at radius 3 is 1.23 bits per heavy atom. The molecule has 0 aliphatic heterocycles. The van der Waals surface area contributed by atoms with E-state index in [4.69, 9.17) is 0 Å². The van der Waals surface area contributed by atoms with Crippen LogP contribution in [0.2, 0.25) is 23.7 Å². The van der Waals surface area contributed by atoms with Gasteiger partial charge in [-0.1, -0.05) is 77.6 Å². The fourth-order valence-corrected chi connectivity index (χ4v) is 8.20. The molecule has 0 spiro atoms. The molecule has 0 fully saturated rings. The van der Waals surface area contributed by atoms with Crippen LogP contribution < -0.4 is 0 Å². The minimum absolute atomic E-state index is 0.873. The van der Waals surface area contributed by atoms with E-state index < -0.39 is 8.07 Å². The van der Waals surface area contributed by atoms with E-state index in [2.05, 4.69) is 34.6 Å². The lowest BCUT2D eigenvalue weighted by molar-refractivity contribution is 0.847. The van der Waals surface area contributed by atoms with Crippen molar-refractivity contribution in [3.05, 3.63) is 0 Å². The molecule has 0 saturated carbocycles. The third-order valence-corrected chi connectivity index (χ3v) is 10.4. The molecular formula is C12H28Si. The molecule has 0 bridgehead atoms. The molecule has 0 aromatic carbocycles.